The van der Waals surface area contributed by atoms with Crippen LogP contribution in [-0.4, -0.2) is 129 Å². The Kier molecular flexibility index (Phi) is 24.4. The number of benzene rings is 2. The molecule has 8 aromatic rings. The second-order valence-corrected chi connectivity index (χ2v) is 29.0. The number of thiazole rings is 3. The third-order valence-electron chi connectivity index (χ3n) is 16.3. The maximum Gasteiger partial charge on any atom is 0.496 e. The summed E-state index contributed by atoms with van der Waals surface area (Å²) in [4.78, 5) is 44.3. The Morgan fingerprint density at radius 3 is 1.37 bits per heavy atom. The van der Waals surface area contributed by atoms with Gasteiger partial charge in [-0.05, 0) is 202 Å². The molecule has 0 aliphatic carbocycles. The smallest absolute Gasteiger partial charge is 0.496 e. The van der Waals surface area contributed by atoms with Gasteiger partial charge in [0.05, 0.1) is 40.8 Å². The third-order valence-corrected chi connectivity index (χ3v) is 20.9. The summed E-state index contributed by atoms with van der Waals surface area (Å²) in [6, 6.07) is 17.7. The number of halogens is 5. The largest absolute Gasteiger partial charge is 0.504 e. The number of aromatic hydroxyl groups is 2. The Bertz CT molecular complexity index is 3620. The molecule has 0 radical (unpaired) electrons. The normalized spacial score (nSPS) is 17.5. The summed E-state index contributed by atoms with van der Waals surface area (Å²) in [5, 5.41) is 26.6. The second kappa shape index (κ2) is 31.0. The van der Waals surface area contributed by atoms with Crippen LogP contribution in [0.3, 0.4) is 0 Å². The number of aromatic nitrogens is 6. The van der Waals surface area contributed by atoms with Crippen LogP contribution in [0.1, 0.15) is 104 Å². The summed E-state index contributed by atoms with van der Waals surface area (Å²) in [7, 11) is 0.303. The van der Waals surface area contributed by atoms with Crippen LogP contribution in [-0.2, 0) is 39.0 Å². The molecule has 0 saturated carbocycles. The minimum atomic E-state index is -0.866. The van der Waals surface area contributed by atoms with Crippen LogP contribution in [0.2, 0.25) is 0 Å². The first-order valence-electron chi connectivity index (χ1n) is 29.1. The van der Waals surface area contributed by atoms with Gasteiger partial charge in [0.2, 0.25) is 0 Å². The molecule has 0 atom stereocenters. The van der Waals surface area contributed by atoms with E-state index in [0.717, 1.165) is 103 Å². The molecular formula is C62H70B2Br3F2N9O8PdS3. The standard InChI is InChI=1S/C19H18FN3O2S.C15H23BN2O2.C13H16BFO4.C12H12BrN3S.C3HBr2NS.Pd/c1-25-16-9-13(8-14(20)18(16)24)15-11-26-19(22-15)12-4-5-17(21-10-12)23-6-2-3-7-23;1-14(2)15(3,4)20-16(19-14)12-7-8-13(17-11-12)18-9-5-6-10-18;1-12(2)13(3,4)19-14(18-12)9-5-8(7-16)11(17)10(15)6-9;13-10-8-17-12(15-10)9-3-4-11(14-7-9)16-5-1-2-6-16;4-2-1-7-3(5)6-2;/h4-5,8-11,24H,2-3,6-7H2,1H3;7-8,11H,5-6,9-10H2,1-4H3;5-7,17H,1-4H3;3-4,7-8H,1-2,5-6H2;1H;. The second-order valence-electron chi connectivity index (χ2n) is 23.5. The van der Waals surface area contributed by atoms with Gasteiger partial charge in [-0.25, -0.2) is 38.7 Å². The molecule has 13 rings (SSSR count). The molecule has 2 aromatic carbocycles. The number of aldehydes is 1. The van der Waals surface area contributed by atoms with Gasteiger partial charge >= 0.3 is 14.2 Å². The summed E-state index contributed by atoms with van der Waals surface area (Å²) in [5.74, 6) is 0.479. The predicted octanol–water partition coefficient (Wildman–Crippen LogP) is 14.2. The number of phenolic OH excluding ortho intramolecular Hbond substituents is 2. The maximum absolute atomic E-state index is 13.9. The first-order chi connectivity index (χ1) is 42.3. The van der Waals surface area contributed by atoms with Crippen LogP contribution in [0.25, 0.3) is 32.4 Å². The molecule has 5 aliphatic heterocycles. The fourth-order valence-corrected chi connectivity index (χ4v) is 13.6. The van der Waals surface area contributed by atoms with Gasteiger partial charge in [0.25, 0.3) is 0 Å². The van der Waals surface area contributed by atoms with Crippen molar-refractivity contribution in [1.29, 1.82) is 0 Å². The van der Waals surface area contributed by atoms with Crippen molar-refractivity contribution in [1.82, 2.24) is 29.9 Å². The first-order valence-corrected chi connectivity index (χ1v) is 34.1. The predicted molar refractivity (Wildman–Crippen MR) is 363 cm³/mol. The molecule has 5 saturated heterocycles. The number of ether oxygens (including phenoxy) is 1. The number of anilines is 3. The van der Waals surface area contributed by atoms with Crippen LogP contribution in [0.15, 0.2) is 109 Å². The summed E-state index contributed by atoms with van der Waals surface area (Å²) in [5.41, 5.74) is 2.75. The minimum Gasteiger partial charge on any atom is -0.504 e. The van der Waals surface area contributed by atoms with Crippen molar-refractivity contribution in [3.63, 3.8) is 0 Å². The average molecular weight is 1570 g/mol. The number of pyridine rings is 3. The monoisotopic (exact) mass is 1570 g/mol. The summed E-state index contributed by atoms with van der Waals surface area (Å²) in [6.07, 6.45) is 13.5. The van der Waals surface area contributed by atoms with Crippen LogP contribution >= 0.6 is 81.8 Å². The van der Waals surface area contributed by atoms with Crippen LogP contribution in [0, 0.1) is 11.6 Å². The third kappa shape index (κ3) is 17.5. The molecule has 5 aliphatic rings. The van der Waals surface area contributed by atoms with E-state index in [9.17, 15) is 23.8 Å². The molecule has 6 aromatic heterocycles. The van der Waals surface area contributed by atoms with E-state index in [-0.39, 0.29) is 50.1 Å². The molecule has 90 heavy (non-hydrogen) atoms. The Morgan fingerprint density at radius 1 is 0.544 bits per heavy atom. The van der Waals surface area contributed by atoms with Gasteiger partial charge in [-0.2, -0.15) is 0 Å². The van der Waals surface area contributed by atoms with E-state index in [1.165, 1.54) is 69.1 Å². The number of hydrogen-bond acceptors (Lipinski definition) is 20. The van der Waals surface area contributed by atoms with Gasteiger partial charge in [-0.1, -0.05) is 6.07 Å². The Hall–Kier alpha value is -4.82. The van der Waals surface area contributed by atoms with E-state index in [2.05, 4.69) is 144 Å². The van der Waals surface area contributed by atoms with Crippen molar-refractivity contribution in [3.05, 3.63) is 126 Å². The van der Waals surface area contributed by atoms with Gasteiger partial charge < -0.3 is 48.3 Å². The first kappa shape index (κ1) is 71.0. The van der Waals surface area contributed by atoms with E-state index >= 15 is 0 Å². The van der Waals surface area contributed by atoms with Crippen molar-refractivity contribution in [2.45, 2.75) is 116 Å². The topological polar surface area (TPSA) is 191 Å². The minimum absolute atomic E-state index is 0. The molecule has 2 N–H and O–H groups in total. The zero-order valence-electron chi connectivity index (χ0n) is 51.3. The van der Waals surface area contributed by atoms with E-state index < -0.39 is 41.5 Å². The van der Waals surface area contributed by atoms with E-state index in [1.54, 1.807) is 28.7 Å². The molecular weight excluding hydrogens is 1500 g/mol. The molecule has 5 fully saturated rings. The van der Waals surface area contributed by atoms with E-state index in [0.29, 0.717) is 23.0 Å². The SMILES string of the molecule is Brc1csc(-c2ccc(N3CCCC3)nc2)n1.Brc1csc(Br)n1.CC1(C)OB(c2cc(F)c(O)c(C=O)c2)OC1(C)C.CC1(C)OB(c2ccc(N3CCCC3)nc2)OC1(C)C.COc1cc(-c2csc(-c3ccc(N4CCCC4)nc3)n2)cc(F)c1O.[Pd]. The van der Waals surface area contributed by atoms with Crippen LogP contribution < -0.4 is 30.4 Å². The number of phenols is 2. The van der Waals surface area contributed by atoms with Crippen molar-refractivity contribution < 1.29 is 67.6 Å². The average Bonchev–Trinajstić information content (AvgIpc) is 2.07. The number of hydrogen-bond donors (Lipinski definition) is 2. The molecule has 0 spiro atoms. The summed E-state index contributed by atoms with van der Waals surface area (Å²) >= 11 is 14.4. The fraction of sp³-hybridized carbons (Fsp3) is 0.403. The number of rotatable bonds is 10. The Balaban J connectivity index is 0.000000150. The van der Waals surface area contributed by atoms with Crippen molar-refractivity contribution >= 4 is 131 Å². The van der Waals surface area contributed by atoms with Gasteiger partial charge in [-0.15, -0.1) is 34.0 Å². The summed E-state index contributed by atoms with van der Waals surface area (Å²) < 4.78 is 58.7. The summed E-state index contributed by atoms with van der Waals surface area (Å²) in [6.45, 7) is 22.4. The fourth-order valence-electron chi connectivity index (χ4n) is 9.83. The molecule has 0 bridgehead atoms. The van der Waals surface area contributed by atoms with Gasteiger partial charge in [-0.3, -0.25) is 4.79 Å². The number of carbonyl (C=O) groups excluding carboxylic acids is 1. The van der Waals surface area contributed by atoms with Gasteiger partial charge in [0, 0.05) is 117 Å². The quantitative estimate of drug-likeness (QED) is 0.0970. The van der Waals surface area contributed by atoms with Crippen molar-refractivity contribution in [2.75, 3.05) is 61.1 Å². The van der Waals surface area contributed by atoms with Gasteiger partial charge in [0.1, 0.15) is 36.7 Å². The molecule has 17 nitrogen and oxygen atoms in total. The van der Waals surface area contributed by atoms with Crippen LogP contribution in [0.5, 0.6) is 17.2 Å². The molecule has 480 valence electrons. The zero-order valence-corrected chi connectivity index (χ0v) is 60.0. The molecule has 0 amide bonds. The van der Waals surface area contributed by atoms with E-state index in [4.69, 9.17) is 23.4 Å². The number of methoxy groups -OCH3 is 1. The number of carbonyl (C=O) groups is 1. The Morgan fingerprint density at radius 2 is 0.978 bits per heavy atom. The van der Waals surface area contributed by atoms with Crippen molar-refractivity contribution in [2.24, 2.45) is 0 Å². The maximum atomic E-state index is 13.9. The van der Waals surface area contributed by atoms with Crippen LogP contribution in [0.4, 0.5) is 26.2 Å². The van der Waals surface area contributed by atoms with Crippen molar-refractivity contribution in [3.8, 4) is 49.6 Å². The molecule has 11 heterocycles. The van der Waals surface area contributed by atoms with E-state index in [1.807, 2.05) is 74.6 Å². The molecule has 28 heteroatoms. The molecule has 0 unspecified atom stereocenters. The van der Waals surface area contributed by atoms with Gasteiger partial charge in [0.15, 0.2) is 39.1 Å². The zero-order chi connectivity index (χ0) is 63.8. The Labute approximate surface area is 576 Å². The number of nitrogens with zero attached hydrogens (tertiary/aromatic N) is 9.